The van der Waals surface area contributed by atoms with Gasteiger partial charge in [0.05, 0.1) is 10.9 Å². The fraction of sp³-hybridized carbons (Fsp3) is 0.500. The third-order valence-corrected chi connectivity index (χ3v) is 5.25. The standard InChI is InChI=1S/C20H25N3O4/c1-3-13(2)23(12-18(24)25)19(26)14-8-9-15-16(11-14)21-17-7-5-4-6-10-22(17)20(15)27/h8-9,11,13H,3-7,10,12H2,1-2H3,(H,24,25). The van der Waals surface area contributed by atoms with Gasteiger partial charge in [-0.1, -0.05) is 13.3 Å². The number of hydrogen-bond donors (Lipinski definition) is 1. The highest BCUT2D eigenvalue weighted by Crippen LogP contribution is 2.18. The van der Waals surface area contributed by atoms with E-state index in [1.54, 1.807) is 22.8 Å². The highest BCUT2D eigenvalue weighted by molar-refractivity contribution is 5.99. The van der Waals surface area contributed by atoms with Crippen molar-refractivity contribution >= 4 is 22.8 Å². The number of fused-ring (bicyclic) bond motifs is 2. The molecule has 0 saturated carbocycles. The molecule has 1 amide bonds. The largest absolute Gasteiger partial charge is 0.480 e. The van der Waals surface area contributed by atoms with Crippen LogP contribution in [0, 0.1) is 0 Å². The van der Waals surface area contributed by atoms with E-state index >= 15 is 0 Å². The summed E-state index contributed by atoms with van der Waals surface area (Å²) >= 11 is 0. The number of rotatable bonds is 5. The Balaban J connectivity index is 2.04. The first kappa shape index (κ1) is 19.1. The number of carbonyl (C=O) groups is 2. The van der Waals surface area contributed by atoms with Crippen molar-refractivity contribution in [2.75, 3.05) is 6.54 Å². The van der Waals surface area contributed by atoms with E-state index in [0.29, 0.717) is 29.4 Å². The van der Waals surface area contributed by atoms with Gasteiger partial charge in [0.15, 0.2) is 0 Å². The number of aromatic nitrogens is 2. The van der Waals surface area contributed by atoms with E-state index in [9.17, 15) is 14.4 Å². The van der Waals surface area contributed by atoms with Gasteiger partial charge in [0.2, 0.25) is 0 Å². The number of hydrogen-bond acceptors (Lipinski definition) is 4. The Labute approximate surface area is 157 Å². The average Bonchev–Trinajstić information content (AvgIpc) is 2.90. The van der Waals surface area contributed by atoms with Gasteiger partial charge in [-0.05, 0) is 44.4 Å². The number of aryl methyl sites for hydroxylation is 1. The van der Waals surface area contributed by atoms with Crippen molar-refractivity contribution in [2.45, 2.75) is 58.5 Å². The quantitative estimate of drug-likeness (QED) is 0.871. The van der Waals surface area contributed by atoms with E-state index in [2.05, 4.69) is 4.98 Å². The molecule has 27 heavy (non-hydrogen) atoms. The van der Waals surface area contributed by atoms with Gasteiger partial charge in [-0.2, -0.15) is 0 Å². The predicted octanol–water partition coefficient (Wildman–Crippen LogP) is 2.45. The molecule has 3 rings (SSSR count). The third-order valence-electron chi connectivity index (χ3n) is 5.25. The van der Waals surface area contributed by atoms with Crippen molar-refractivity contribution in [3.8, 4) is 0 Å². The summed E-state index contributed by atoms with van der Waals surface area (Å²) in [5.41, 5.74) is 0.785. The maximum Gasteiger partial charge on any atom is 0.323 e. The number of carboxylic acid groups (broad SMARTS) is 1. The second-order valence-corrected chi connectivity index (χ2v) is 7.11. The van der Waals surface area contributed by atoms with Crippen LogP contribution in [0.4, 0.5) is 0 Å². The van der Waals surface area contributed by atoms with Crippen molar-refractivity contribution in [2.24, 2.45) is 0 Å². The van der Waals surface area contributed by atoms with Gasteiger partial charge >= 0.3 is 5.97 Å². The van der Waals surface area contributed by atoms with E-state index in [1.807, 2.05) is 13.8 Å². The van der Waals surface area contributed by atoms with Crippen LogP contribution in [0.1, 0.15) is 55.7 Å². The molecule has 144 valence electrons. The van der Waals surface area contributed by atoms with Crippen LogP contribution < -0.4 is 5.56 Å². The summed E-state index contributed by atoms with van der Waals surface area (Å²) in [7, 11) is 0. The Bertz CT molecular complexity index is 935. The zero-order valence-electron chi connectivity index (χ0n) is 15.8. The molecule has 0 saturated heterocycles. The molecular weight excluding hydrogens is 346 g/mol. The first-order valence-corrected chi connectivity index (χ1v) is 9.48. The lowest BCUT2D eigenvalue weighted by atomic mass is 10.1. The Morgan fingerprint density at radius 3 is 2.78 bits per heavy atom. The van der Waals surface area contributed by atoms with Gasteiger partial charge in [0.25, 0.3) is 11.5 Å². The fourth-order valence-corrected chi connectivity index (χ4v) is 3.51. The predicted molar refractivity (Wildman–Crippen MR) is 102 cm³/mol. The summed E-state index contributed by atoms with van der Waals surface area (Å²) in [6.07, 6.45) is 4.44. The minimum Gasteiger partial charge on any atom is -0.480 e. The number of aliphatic carboxylic acids is 1. The van der Waals surface area contributed by atoms with Crippen molar-refractivity contribution in [1.29, 1.82) is 0 Å². The molecule has 7 heteroatoms. The monoisotopic (exact) mass is 371 g/mol. The second kappa shape index (κ2) is 7.90. The van der Waals surface area contributed by atoms with Crippen LogP contribution in [-0.4, -0.2) is 44.0 Å². The van der Waals surface area contributed by atoms with Crippen molar-refractivity contribution in [3.63, 3.8) is 0 Å². The van der Waals surface area contributed by atoms with Crippen LogP contribution in [0.15, 0.2) is 23.0 Å². The summed E-state index contributed by atoms with van der Waals surface area (Å²) in [5.74, 6) is -0.643. The fourth-order valence-electron chi connectivity index (χ4n) is 3.51. The lowest BCUT2D eigenvalue weighted by molar-refractivity contribution is -0.138. The minimum atomic E-state index is -1.05. The summed E-state index contributed by atoms with van der Waals surface area (Å²) in [6, 6.07) is 4.64. The Kier molecular flexibility index (Phi) is 5.58. The minimum absolute atomic E-state index is 0.0692. The molecule has 1 aliphatic rings. The van der Waals surface area contributed by atoms with Gasteiger partial charge in [0, 0.05) is 24.6 Å². The van der Waals surface area contributed by atoms with Crippen molar-refractivity contribution in [1.82, 2.24) is 14.5 Å². The molecule has 0 radical (unpaired) electrons. The second-order valence-electron chi connectivity index (χ2n) is 7.11. The molecule has 1 aromatic carbocycles. The van der Waals surface area contributed by atoms with E-state index in [0.717, 1.165) is 31.5 Å². The maximum atomic E-state index is 12.9. The van der Waals surface area contributed by atoms with E-state index in [1.165, 1.54) is 4.90 Å². The first-order chi connectivity index (χ1) is 12.9. The molecular formula is C20H25N3O4. The number of benzene rings is 1. The zero-order valence-corrected chi connectivity index (χ0v) is 15.8. The number of amides is 1. The summed E-state index contributed by atoms with van der Waals surface area (Å²) in [4.78, 5) is 42.8. The maximum absolute atomic E-state index is 12.9. The van der Waals surface area contributed by atoms with Crippen LogP contribution in [0.5, 0.6) is 0 Å². The van der Waals surface area contributed by atoms with E-state index in [4.69, 9.17) is 5.11 Å². The highest BCUT2D eigenvalue weighted by Gasteiger charge is 2.24. The normalized spacial score (nSPS) is 15.0. The topological polar surface area (TPSA) is 92.5 Å². The number of carboxylic acids is 1. The molecule has 2 heterocycles. The zero-order chi connectivity index (χ0) is 19.6. The van der Waals surface area contributed by atoms with Crippen LogP contribution in [-0.2, 0) is 17.8 Å². The molecule has 1 unspecified atom stereocenters. The molecule has 0 bridgehead atoms. The van der Waals surface area contributed by atoms with Gasteiger partial charge in [0.1, 0.15) is 12.4 Å². The lowest BCUT2D eigenvalue weighted by Crippen LogP contribution is -2.41. The van der Waals surface area contributed by atoms with Crippen molar-refractivity contribution in [3.05, 3.63) is 39.9 Å². The number of nitrogens with zero attached hydrogens (tertiary/aromatic N) is 3. The number of carbonyl (C=O) groups excluding carboxylic acids is 1. The molecule has 1 aliphatic heterocycles. The average molecular weight is 371 g/mol. The lowest BCUT2D eigenvalue weighted by Gasteiger charge is -2.27. The van der Waals surface area contributed by atoms with Crippen LogP contribution in [0.3, 0.4) is 0 Å². The van der Waals surface area contributed by atoms with E-state index in [-0.39, 0.29) is 24.1 Å². The summed E-state index contributed by atoms with van der Waals surface area (Å²) in [5, 5.41) is 9.63. The molecule has 0 aliphatic carbocycles. The van der Waals surface area contributed by atoms with Gasteiger partial charge < -0.3 is 10.0 Å². The molecule has 0 fully saturated rings. The van der Waals surface area contributed by atoms with Gasteiger partial charge in [-0.3, -0.25) is 19.0 Å². The van der Waals surface area contributed by atoms with E-state index < -0.39 is 5.97 Å². The van der Waals surface area contributed by atoms with Gasteiger partial charge in [-0.15, -0.1) is 0 Å². The van der Waals surface area contributed by atoms with Crippen LogP contribution in [0.2, 0.25) is 0 Å². The first-order valence-electron chi connectivity index (χ1n) is 9.48. The third kappa shape index (κ3) is 3.86. The highest BCUT2D eigenvalue weighted by atomic mass is 16.4. The Morgan fingerprint density at radius 1 is 1.30 bits per heavy atom. The SMILES string of the molecule is CCC(C)N(CC(=O)O)C(=O)c1ccc2c(=O)n3c(nc2c1)CCCCC3. The molecule has 0 spiro atoms. The molecule has 1 aromatic heterocycles. The Morgan fingerprint density at radius 2 is 2.07 bits per heavy atom. The molecule has 1 atom stereocenters. The smallest absolute Gasteiger partial charge is 0.323 e. The summed E-state index contributed by atoms with van der Waals surface area (Å²) < 4.78 is 1.74. The van der Waals surface area contributed by atoms with Crippen LogP contribution in [0.25, 0.3) is 10.9 Å². The Hall–Kier alpha value is -2.70. The molecule has 7 nitrogen and oxygen atoms in total. The van der Waals surface area contributed by atoms with Gasteiger partial charge in [-0.25, -0.2) is 4.98 Å². The molecule has 1 N–H and O–H groups in total. The van der Waals surface area contributed by atoms with Crippen molar-refractivity contribution < 1.29 is 14.7 Å². The van der Waals surface area contributed by atoms with Crippen LogP contribution >= 0.6 is 0 Å². The summed E-state index contributed by atoms with van der Waals surface area (Å²) in [6.45, 7) is 4.06. The molecule has 2 aromatic rings.